The Hall–Kier alpha value is -1.84. The van der Waals surface area contributed by atoms with Crippen molar-refractivity contribution >= 4 is 16.6 Å². The third-order valence-electron chi connectivity index (χ3n) is 2.30. The second-order valence-corrected chi connectivity index (χ2v) is 3.44. The van der Waals surface area contributed by atoms with Crippen molar-refractivity contribution in [3.8, 4) is 0 Å². The summed E-state index contributed by atoms with van der Waals surface area (Å²) in [5.74, 6) is 0. The van der Waals surface area contributed by atoms with Crippen molar-refractivity contribution in [3.05, 3.63) is 39.6 Å². The maximum atomic E-state index is 10.8. The van der Waals surface area contributed by atoms with Crippen LogP contribution in [0.1, 0.15) is 11.1 Å². The van der Waals surface area contributed by atoms with Gasteiger partial charge in [-0.1, -0.05) is 0 Å². The van der Waals surface area contributed by atoms with Gasteiger partial charge in [0.2, 0.25) is 0 Å². The fraction of sp³-hybridized carbons (Fsp3) is 0.200. The Balaban J connectivity index is 2.90. The molecule has 0 bridgehead atoms. The molecule has 0 aliphatic rings. The Bertz CT molecular complexity index is 514. The van der Waals surface area contributed by atoms with E-state index in [1.165, 1.54) is 0 Å². The summed E-state index contributed by atoms with van der Waals surface area (Å²) < 4.78 is 0. The Labute approximate surface area is 80.7 Å². The van der Waals surface area contributed by atoms with Gasteiger partial charge in [-0.05, 0) is 31.0 Å². The van der Waals surface area contributed by atoms with E-state index in [4.69, 9.17) is 0 Å². The van der Waals surface area contributed by atoms with Crippen LogP contribution in [0.4, 0.5) is 5.69 Å². The van der Waals surface area contributed by atoms with E-state index in [0.29, 0.717) is 5.39 Å². The van der Waals surface area contributed by atoms with Gasteiger partial charge in [0, 0.05) is 12.3 Å². The molecular weight excluding hydrogens is 180 g/mol. The topological polar surface area (TPSA) is 58.9 Å². The van der Waals surface area contributed by atoms with Crippen LogP contribution >= 0.6 is 0 Å². The lowest BCUT2D eigenvalue weighted by Gasteiger charge is -1.97. The third kappa shape index (κ3) is 1.16. The highest BCUT2D eigenvalue weighted by Crippen LogP contribution is 2.29. The number of H-pyrrole nitrogens is 1. The molecule has 1 N–H and O–H groups in total. The molecule has 1 heterocycles. The van der Waals surface area contributed by atoms with Crippen molar-refractivity contribution in [2.45, 2.75) is 13.8 Å². The smallest absolute Gasteiger partial charge is 0.279 e. The number of nitro groups is 1. The number of fused-ring (bicyclic) bond motifs is 1. The van der Waals surface area contributed by atoms with Gasteiger partial charge in [0.25, 0.3) is 5.69 Å². The summed E-state index contributed by atoms with van der Waals surface area (Å²) in [5.41, 5.74) is 2.81. The third-order valence-corrected chi connectivity index (χ3v) is 2.30. The van der Waals surface area contributed by atoms with Crippen molar-refractivity contribution in [2.24, 2.45) is 0 Å². The second-order valence-electron chi connectivity index (χ2n) is 3.44. The number of nitrogens with one attached hydrogen (secondary N) is 1. The minimum Gasteiger partial charge on any atom is -0.361 e. The van der Waals surface area contributed by atoms with Gasteiger partial charge in [-0.2, -0.15) is 0 Å². The monoisotopic (exact) mass is 190 g/mol. The minimum absolute atomic E-state index is 0.179. The van der Waals surface area contributed by atoms with Crippen LogP contribution in [0, 0.1) is 24.0 Å². The summed E-state index contributed by atoms with van der Waals surface area (Å²) in [7, 11) is 0. The SMILES string of the molecule is Cc1cc([N+](=O)[O-])c2c(C)c[nH]c2c1. The Morgan fingerprint density at radius 1 is 1.36 bits per heavy atom. The first-order valence-corrected chi connectivity index (χ1v) is 4.32. The summed E-state index contributed by atoms with van der Waals surface area (Å²) in [5, 5.41) is 11.5. The first-order chi connectivity index (χ1) is 6.59. The molecule has 4 nitrogen and oxygen atoms in total. The maximum Gasteiger partial charge on any atom is 0.279 e. The van der Waals surface area contributed by atoms with E-state index in [1.807, 2.05) is 19.9 Å². The number of hydrogen-bond donors (Lipinski definition) is 1. The van der Waals surface area contributed by atoms with E-state index in [0.717, 1.165) is 16.6 Å². The van der Waals surface area contributed by atoms with Gasteiger partial charge in [0.05, 0.1) is 15.8 Å². The number of aromatic nitrogens is 1. The molecule has 0 radical (unpaired) electrons. The van der Waals surface area contributed by atoms with Crippen LogP contribution in [-0.2, 0) is 0 Å². The number of aryl methyl sites for hydroxylation is 2. The molecule has 0 amide bonds. The lowest BCUT2D eigenvalue weighted by Crippen LogP contribution is -1.90. The molecule has 0 aliphatic carbocycles. The highest BCUT2D eigenvalue weighted by molar-refractivity contribution is 5.92. The Kier molecular flexibility index (Phi) is 1.77. The van der Waals surface area contributed by atoms with Crippen LogP contribution in [-0.4, -0.2) is 9.91 Å². The fourth-order valence-electron chi connectivity index (χ4n) is 1.70. The molecule has 0 fully saturated rings. The molecular formula is C10H10N2O2. The van der Waals surface area contributed by atoms with E-state index in [-0.39, 0.29) is 10.6 Å². The molecule has 0 unspecified atom stereocenters. The number of rotatable bonds is 1. The van der Waals surface area contributed by atoms with Crippen molar-refractivity contribution in [1.29, 1.82) is 0 Å². The van der Waals surface area contributed by atoms with Gasteiger partial charge in [-0.15, -0.1) is 0 Å². The quantitative estimate of drug-likeness (QED) is 0.555. The van der Waals surface area contributed by atoms with Crippen molar-refractivity contribution < 1.29 is 4.92 Å². The van der Waals surface area contributed by atoms with Crippen molar-refractivity contribution in [3.63, 3.8) is 0 Å². The summed E-state index contributed by atoms with van der Waals surface area (Å²) in [4.78, 5) is 13.5. The molecule has 4 heteroatoms. The van der Waals surface area contributed by atoms with Gasteiger partial charge < -0.3 is 4.98 Å². The second kappa shape index (κ2) is 2.83. The predicted octanol–water partition coefficient (Wildman–Crippen LogP) is 2.69. The van der Waals surface area contributed by atoms with Crippen LogP contribution in [0.2, 0.25) is 0 Å². The van der Waals surface area contributed by atoms with Crippen LogP contribution in [0.25, 0.3) is 10.9 Å². The highest BCUT2D eigenvalue weighted by atomic mass is 16.6. The molecule has 0 saturated carbocycles. The molecule has 0 atom stereocenters. The Morgan fingerprint density at radius 2 is 2.07 bits per heavy atom. The van der Waals surface area contributed by atoms with E-state index >= 15 is 0 Å². The van der Waals surface area contributed by atoms with E-state index in [2.05, 4.69) is 4.98 Å². The van der Waals surface area contributed by atoms with Crippen molar-refractivity contribution in [1.82, 2.24) is 4.98 Å². The normalized spacial score (nSPS) is 10.7. The van der Waals surface area contributed by atoms with E-state index < -0.39 is 0 Å². The summed E-state index contributed by atoms with van der Waals surface area (Å²) >= 11 is 0. The van der Waals surface area contributed by atoms with Gasteiger partial charge in [-0.25, -0.2) is 0 Å². The number of hydrogen-bond acceptors (Lipinski definition) is 2. The van der Waals surface area contributed by atoms with Crippen molar-refractivity contribution in [2.75, 3.05) is 0 Å². The lowest BCUT2D eigenvalue weighted by atomic mass is 10.1. The molecule has 1 aromatic carbocycles. The molecule has 2 aromatic rings. The number of benzene rings is 1. The molecule has 14 heavy (non-hydrogen) atoms. The molecule has 0 saturated heterocycles. The van der Waals surface area contributed by atoms with E-state index in [9.17, 15) is 10.1 Å². The lowest BCUT2D eigenvalue weighted by molar-refractivity contribution is -0.383. The minimum atomic E-state index is -0.337. The highest BCUT2D eigenvalue weighted by Gasteiger charge is 2.15. The van der Waals surface area contributed by atoms with E-state index in [1.54, 1.807) is 12.3 Å². The van der Waals surface area contributed by atoms with Crippen LogP contribution < -0.4 is 0 Å². The average Bonchev–Trinajstić information content (AvgIpc) is 2.46. The van der Waals surface area contributed by atoms with Crippen LogP contribution in [0.3, 0.4) is 0 Å². The predicted molar refractivity (Wildman–Crippen MR) is 54.4 cm³/mol. The summed E-state index contributed by atoms with van der Waals surface area (Å²) in [6, 6.07) is 3.51. The molecule has 0 spiro atoms. The summed E-state index contributed by atoms with van der Waals surface area (Å²) in [6.07, 6.45) is 1.79. The zero-order valence-electron chi connectivity index (χ0n) is 8.00. The largest absolute Gasteiger partial charge is 0.361 e. The molecule has 72 valence electrons. The Morgan fingerprint density at radius 3 is 2.71 bits per heavy atom. The fourth-order valence-corrected chi connectivity index (χ4v) is 1.70. The van der Waals surface area contributed by atoms with Gasteiger partial charge in [-0.3, -0.25) is 10.1 Å². The molecule has 0 aliphatic heterocycles. The first-order valence-electron chi connectivity index (χ1n) is 4.32. The first kappa shape index (κ1) is 8.74. The van der Waals surface area contributed by atoms with Crippen LogP contribution in [0.5, 0.6) is 0 Å². The number of nitro benzene ring substituents is 1. The number of nitrogens with zero attached hydrogens (tertiary/aromatic N) is 1. The standard InChI is InChI=1S/C10H10N2O2/c1-6-3-8-10(7(2)5-11-8)9(4-6)12(13)14/h3-5,11H,1-2H3. The average molecular weight is 190 g/mol. The summed E-state index contributed by atoms with van der Waals surface area (Å²) in [6.45, 7) is 3.71. The van der Waals surface area contributed by atoms with Gasteiger partial charge in [0.1, 0.15) is 0 Å². The zero-order chi connectivity index (χ0) is 10.3. The number of aromatic amines is 1. The number of non-ortho nitro benzene ring substituents is 1. The molecule has 2 rings (SSSR count). The zero-order valence-corrected chi connectivity index (χ0v) is 8.00. The van der Waals surface area contributed by atoms with Crippen LogP contribution in [0.15, 0.2) is 18.3 Å². The maximum absolute atomic E-state index is 10.8. The molecule has 1 aromatic heterocycles. The van der Waals surface area contributed by atoms with Gasteiger partial charge in [0.15, 0.2) is 0 Å². The van der Waals surface area contributed by atoms with Gasteiger partial charge >= 0.3 is 0 Å².